The fraction of sp³-hybridized carbons (Fsp3) is 0.208. The average molecular weight is 744 g/mol. The van der Waals surface area contributed by atoms with Gasteiger partial charge in [-0.3, -0.25) is 19.2 Å². The Bertz CT molecular complexity index is 2310. The third-order valence-electron chi connectivity index (χ3n) is 9.74. The van der Waals surface area contributed by atoms with Crippen LogP contribution in [0.25, 0.3) is 21.9 Å². The Hall–Kier alpha value is -6.54. The predicted octanol–water partition coefficient (Wildman–Crippen LogP) is 10.3. The second-order valence-corrected chi connectivity index (χ2v) is 14.9. The molecule has 0 fully saturated rings. The molecule has 8 heteroatoms. The van der Waals surface area contributed by atoms with Crippen LogP contribution in [0.4, 0.5) is 22.7 Å². The van der Waals surface area contributed by atoms with E-state index < -0.39 is 5.60 Å². The molecule has 0 aliphatic carbocycles. The van der Waals surface area contributed by atoms with Crippen LogP contribution in [0.5, 0.6) is 0 Å². The third-order valence-corrected chi connectivity index (χ3v) is 9.74. The number of hydrogen-bond acceptors (Lipinski definition) is 6. The number of esters is 1. The molecule has 1 heterocycles. The van der Waals surface area contributed by atoms with Crippen molar-refractivity contribution in [3.05, 3.63) is 156 Å². The largest absolute Gasteiger partial charge is 0.460 e. The van der Waals surface area contributed by atoms with Crippen molar-refractivity contribution in [1.82, 2.24) is 5.32 Å². The van der Waals surface area contributed by atoms with E-state index in [4.69, 9.17) is 4.74 Å². The van der Waals surface area contributed by atoms with Gasteiger partial charge in [0.1, 0.15) is 5.60 Å². The number of para-hydroxylation sites is 2. The van der Waals surface area contributed by atoms with E-state index in [-0.39, 0.29) is 30.1 Å². The Morgan fingerprint density at radius 1 is 0.625 bits per heavy atom. The van der Waals surface area contributed by atoms with Gasteiger partial charge in [0.25, 0.3) is 11.8 Å². The Balaban J connectivity index is 1.02. The monoisotopic (exact) mass is 743 g/mol. The fourth-order valence-electron chi connectivity index (χ4n) is 7.18. The molecule has 0 radical (unpaired) electrons. The topological polar surface area (TPSA) is 96.0 Å². The average Bonchev–Trinajstić information content (AvgIpc) is 3.20. The van der Waals surface area contributed by atoms with Crippen molar-refractivity contribution in [3.8, 4) is 11.1 Å². The summed E-state index contributed by atoms with van der Waals surface area (Å²) in [6, 6.07) is 45.6. The summed E-state index contributed by atoms with van der Waals surface area (Å²) < 4.78 is 5.30. The van der Waals surface area contributed by atoms with Gasteiger partial charge in [-0.05, 0) is 123 Å². The number of rotatable bonds is 13. The maximum absolute atomic E-state index is 14.0. The zero-order valence-electron chi connectivity index (χ0n) is 32.0. The van der Waals surface area contributed by atoms with Crippen molar-refractivity contribution < 1.29 is 23.9 Å². The van der Waals surface area contributed by atoms with Gasteiger partial charge >= 0.3 is 5.97 Å². The number of hydrogen-bond donors (Lipinski definition) is 1. The Morgan fingerprint density at radius 2 is 1.21 bits per heavy atom. The number of imide groups is 1. The maximum atomic E-state index is 14.0. The lowest BCUT2D eigenvalue weighted by Crippen LogP contribution is -2.40. The Morgan fingerprint density at radius 3 is 1.84 bits per heavy atom. The van der Waals surface area contributed by atoms with Crippen molar-refractivity contribution in [3.63, 3.8) is 0 Å². The molecule has 0 unspecified atom stereocenters. The Kier molecular flexibility index (Phi) is 11.1. The molecule has 0 aromatic heterocycles. The van der Waals surface area contributed by atoms with Crippen LogP contribution in [0.15, 0.2) is 140 Å². The first-order valence-corrected chi connectivity index (χ1v) is 19.1. The Labute approximate surface area is 327 Å². The summed E-state index contributed by atoms with van der Waals surface area (Å²) in [5, 5.41) is 4.37. The molecule has 0 atom stereocenters. The minimum absolute atomic E-state index is 0.0684. The van der Waals surface area contributed by atoms with Crippen LogP contribution in [0.2, 0.25) is 0 Å². The molecule has 0 bridgehead atoms. The van der Waals surface area contributed by atoms with E-state index in [0.29, 0.717) is 54.4 Å². The molecule has 0 saturated heterocycles. The van der Waals surface area contributed by atoms with E-state index in [1.54, 1.807) is 18.2 Å². The first-order valence-electron chi connectivity index (χ1n) is 19.1. The minimum atomic E-state index is -0.520. The molecule has 282 valence electrons. The highest BCUT2D eigenvalue weighted by molar-refractivity contribution is 6.36. The van der Waals surface area contributed by atoms with Crippen LogP contribution >= 0.6 is 0 Å². The van der Waals surface area contributed by atoms with E-state index in [0.717, 1.165) is 39.1 Å². The minimum Gasteiger partial charge on any atom is -0.460 e. The van der Waals surface area contributed by atoms with Gasteiger partial charge in [0.2, 0.25) is 5.91 Å². The van der Waals surface area contributed by atoms with Crippen LogP contribution in [0, 0.1) is 0 Å². The molecular weight excluding hydrogens is 699 g/mol. The molecule has 0 saturated carbocycles. The molecule has 3 amide bonds. The second-order valence-electron chi connectivity index (χ2n) is 14.9. The second kappa shape index (κ2) is 16.4. The van der Waals surface area contributed by atoms with E-state index in [2.05, 4.69) is 58.7 Å². The first kappa shape index (κ1) is 37.8. The van der Waals surface area contributed by atoms with E-state index in [1.165, 1.54) is 4.90 Å². The molecule has 6 aromatic rings. The van der Waals surface area contributed by atoms with Crippen LogP contribution in [-0.4, -0.2) is 35.8 Å². The number of nitrogens with zero attached hydrogens (tertiary/aromatic N) is 2. The molecule has 1 aliphatic rings. The first-order chi connectivity index (χ1) is 27.1. The zero-order valence-corrected chi connectivity index (χ0v) is 32.0. The molecular formula is C48H45N3O5. The number of aryl methyl sites for hydroxylation is 1. The SMILES string of the molecule is CC(C)(C)OC(=O)CCCNC(=O)CCCc1ccc(N2C(=O)c3cccc4c(-c5ccc(N(c6ccccc6)c6ccccc6)cc5)ccc(c34)C2=O)cc1. The number of benzene rings is 6. The van der Waals surface area contributed by atoms with Gasteiger partial charge in [0, 0.05) is 53.0 Å². The summed E-state index contributed by atoms with van der Waals surface area (Å²) in [5.41, 5.74) is 6.97. The summed E-state index contributed by atoms with van der Waals surface area (Å²) in [7, 11) is 0. The van der Waals surface area contributed by atoms with Crippen molar-refractivity contribution >= 4 is 57.2 Å². The van der Waals surface area contributed by atoms with Crippen molar-refractivity contribution in [1.29, 1.82) is 0 Å². The van der Waals surface area contributed by atoms with E-state index in [9.17, 15) is 19.2 Å². The lowest BCUT2D eigenvalue weighted by molar-refractivity contribution is -0.155. The highest BCUT2D eigenvalue weighted by atomic mass is 16.6. The van der Waals surface area contributed by atoms with E-state index >= 15 is 0 Å². The zero-order chi connectivity index (χ0) is 39.2. The summed E-state index contributed by atoms with van der Waals surface area (Å²) in [6.07, 6.45) is 2.43. The molecule has 7 rings (SSSR count). The standard InChI is InChI=1S/C48H45N3O5/c1-48(2,3)56-44(53)21-12-32-49-43(52)20-10-13-33-22-26-38(27-23-33)51-46(54)41-19-11-18-40-39(30-31-42(45(40)41)47(51)55)34-24-28-37(29-25-34)50(35-14-6-4-7-15-35)36-16-8-5-9-17-36/h4-9,11,14-19,22-31H,10,12-13,20-21,32H2,1-3H3,(H,49,52). The smallest absolute Gasteiger partial charge is 0.306 e. The summed E-state index contributed by atoms with van der Waals surface area (Å²) in [5.74, 6) is -1.07. The predicted molar refractivity (Wildman–Crippen MR) is 223 cm³/mol. The maximum Gasteiger partial charge on any atom is 0.306 e. The van der Waals surface area contributed by atoms with Gasteiger partial charge in [-0.1, -0.05) is 78.9 Å². The van der Waals surface area contributed by atoms with Gasteiger partial charge in [-0.2, -0.15) is 0 Å². The van der Waals surface area contributed by atoms with Crippen LogP contribution in [0.1, 0.15) is 72.7 Å². The number of nitrogens with one attached hydrogen (secondary N) is 1. The molecule has 8 nitrogen and oxygen atoms in total. The van der Waals surface area contributed by atoms with Gasteiger partial charge in [-0.25, -0.2) is 4.90 Å². The molecule has 6 aromatic carbocycles. The highest BCUT2D eigenvalue weighted by Crippen LogP contribution is 2.40. The van der Waals surface area contributed by atoms with Crippen LogP contribution in [-0.2, 0) is 20.7 Å². The van der Waals surface area contributed by atoms with Crippen LogP contribution in [0.3, 0.4) is 0 Å². The number of anilines is 4. The van der Waals surface area contributed by atoms with Crippen molar-refractivity contribution in [2.24, 2.45) is 0 Å². The number of ether oxygens (including phenoxy) is 1. The molecule has 0 spiro atoms. The third kappa shape index (κ3) is 8.40. The van der Waals surface area contributed by atoms with E-state index in [1.807, 2.05) is 93.6 Å². The van der Waals surface area contributed by atoms with Gasteiger partial charge in [-0.15, -0.1) is 0 Å². The number of carbonyl (C=O) groups is 4. The highest BCUT2D eigenvalue weighted by Gasteiger charge is 2.34. The molecule has 56 heavy (non-hydrogen) atoms. The van der Waals surface area contributed by atoms with Gasteiger partial charge < -0.3 is 15.0 Å². The quantitative estimate of drug-likeness (QED) is 0.0719. The van der Waals surface area contributed by atoms with Gasteiger partial charge in [0.15, 0.2) is 0 Å². The summed E-state index contributed by atoms with van der Waals surface area (Å²) >= 11 is 0. The molecule has 1 N–H and O–H groups in total. The number of carbonyl (C=O) groups excluding carboxylic acids is 4. The number of amides is 3. The lowest BCUT2D eigenvalue weighted by atomic mass is 9.89. The lowest BCUT2D eigenvalue weighted by Gasteiger charge is -2.28. The molecule has 1 aliphatic heterocycles. The van der Waals surface area contributed by atoms with Crippen molar-refractivity contribution in [2.75, 3.05) is 16.3 Å². The normalized spacial score (nSPS) is 12.4. The summed E-state index contributed by atoms with van der Waals surface area (Å²) in [4.78, 5) is 55.7. The van der Waals surface area contributed by atoms with Crippen molar-refractivity contribution in [2.45, 2.75) is 58.5 Å². The summed E-state index contributed by atoms with van der Waals surface area (Å²) in [6.45, 7) is 5.90. The fourth-order valence-corrected chi connectivity index (χ4v) is 7.18. The van der Waals surface area contributed by atoms with Gasteiger partial charge in [0.05, 0.1) is 5.69 Å². The van der Waals surface area contributed by atoms with Crippen LogP contribution < -0.4 is 15.1 Å².